The summed E-state index contributed by atoms with van der Waals surface area (Å²) >= 11 is 1.73. The van der Waals surface area contributed by atoms with Crippen molar-refractivity contribution < 1.29 is 4.79 Å². The van der Waals surface area contributed by atoms with E-state index in [1.54, 1.807) is 11.8 Å². The standard InChI is InChI=1S/C17H26N2OS.ClH/c1-21-12-9-15(18)16(20)19-13-17(10-5-6-11-17)14-7-3-2-4-8-14;/h2-4,7-8,15H,5-6,9-13,18H2,1H3,(H,19,20);1H. The van der Waals surface area contributed by atoms with Crippen LogP contribution in [0.3, 0.4) is 0 Å². The number of benzene rings is 1. The molecule has 1 amide bonds. The Hall–Kier alpha value is -0.710. The molecule has 1 aliphatic rings. The fourth-order valence-electron chi connectivity index (χ4n) is 3.17. The monoisotopic (exact) mass is 342 g/mol. The van der Waals surface area contributed by atoms with E-state index in [9.17, 15) is 4.79 Å². The molecule has 2 rings (SSSR count). The molecule has 0 spiro atoms. The number of nitrogens with one attached hydrogen (secondary N) is 1. The molecule has 0 saturated heterocycles. The smallest absolute Gasteiger partial charge is 0.236 e. The zero-order chi connectivity index (χ0) is 15.1. The molecule has 124 valence electrons. The molecule has 1 aliphatic carbocycles. The van der Waals surface area contributed by atoms with Crippen LogP contribution >= 0.6 is 24.2 Å². The van der Waals surface area contributed by atoms with Crippen LogP contribution in [0.25, 0.3) is 0 Å². The SMILES string of the molecule is CSCCC(N)C(=O)NCC1(c2ccccc2)CCCC1.Cl. The molecule has 1 fully saturated rings. The van der Waals surface area contributed by atoms with E-state index in [2.05, 4.69) is 29.6 Å². The van der Waals surface area contributed by atoms with Gasteiger partial charge in [0, 0.05) is 12.0 Å². The van der Waals surface area contributed by atoms with Gasteiger partial charge in [-0.1, -0.05) is 43.2 Å². The molecule has 3 nitrogen and oxygen atoms in total. The van der Waals surface area contributed by atoms with E-state index in [0.29, 0.717) is 6.54 Å². The Kier molecular flexibility index (Phi) is 8.29. The molecule has 0 heterocycles. The van der Waals surface area contributed by atoms with E-state index < -0.39 is 0 Å². The van der Waals surface area contributed by atoms with Gasteiger partial charge in [-0.25, -0.2) is 0 Å². The highest BCUT2D eigenvalue weighted by molar-refractivity contribution is 7.98. The molecule has 1 saturated carbocycles. The number of nitrogens with two attached hydrogens (primary N) is 1. The van der Waals surface area contributed by atoms with Gasteiger partial charge in [0.2, 0.25) is 5.91 Å². The zero-order valence-electron chi connectivity index (χ0n) is 13.2. The van der Waals surface area contributed by atoms with Crippen LogP contribution in [0.5, 0.6) is 0 Å². The lowest BCUT2D eigenvalue weighted by atomic mass is 9.79. The van der Waals surface area contributed by atoms with Gasteiger partial charge in [-0.2, -0.15) is 11.8 Å². The van der Waals surface area contributed by atoms with Crippen LogP contribution in [-0.2, 0) is 10.2 Å². The Morgan fingerprint density at radius 1 is 1.32 bits per heavy atom. The summed E-state index contributed by atoms with van der Waals surface area (Å²) in [4.78, 5) is 12.1. The van der Waals surface area contributed by atoms with Gasteiger partial charge in [0.25, 0.3) is 0 Å². The lowest BCUT2D eigenvalue weighted by Gasteiger charge is -2.30. The van der Waals surface area contributed by atoms with Gasteiger partial charge >= 0.3 is 0 Å². The highest BCUT2D eigenvalue weighted by Crippen LogP contribution is 2.40. The van der Waals surface area contributed by atoms with Crippen LogP contribution in [0.4, 0.5) is 0 Å². The van der Waals surface area contributed by atoms with E-state index >= 15 is 0 Å². The molecule has 22 heavy (non-hydrogen) atoms. The fourth-order valence-corrected chi connectivity index (χ4v) is 3.66. The van der Waals surface area contributed by atoms with Crippen molar-refractivity contribution in [1.29, 1.82) is 0 Å². The zero-order valence-corrected chi connectivity index (χ0v) is 14.8. The second-order valence-corrected chi connectivity index (χ2v) is 6.94. The quantitative estimate of drug-likeness (QED) is 0.800. The third-order valence-corrected chi connectivity index (χ3v) is 5.16. The summed E-state index contributed by atoms with van der Waals surface area (Å²) in [7, 11) is 0. The van der Waals surface area contributed by atoms with Crippen molar-refractivity contribution >= 4 is 30.1 Å². The van der Waals surface area contributed by atoms with Crippen molar-refractivity contribution in [2.24, 2.45) is 5.73 Å². The molecule has 0 aromatic heterocycles. The first kappa shape index (κ1) is 19.3. The molecule has 5 heteroatoms. The summed E-state index contributed by atoms with van der Waals surface area (Å²) in [6, 6.07) is 10.2. The van der Waals surface area contributed by atoms with Crippen molar-refractivity contribution in [3.05, 3.63) is 35.9 Å². The van der Waals surface area contributed by atoms with E-state index in [1.807, 2.05) is 12.3 Å². The van der Waals surface area contributed by atoms with Crippen molar-refractivity contribution in [2.75, 3.05) is 18.6 Å². The van der Waals surface area contributed by atoms with Crippen LogP contribution < -0.4 is 11.1 Å². The van der Waals surface area contributed by atoms with Crippen molar-refractivity contribution in [3.8, 4) is 0 Å². The first-order valence-electron chi connectivity index (χ1n) is 7.76. The number of rotatable bonds is 7. The molecule has 0 bridgehead atoms. The summed E-state index contributed by atoms with van der Waals surface area (Å²) in [5.74, 6) is 0.921. The lowest BCUT2D eigenvalue weighted by molar-refractivity contribution is -0.122. The predicted molar refractivity (Wildman–Crippen MR) is 97.8 cm³/mol. The minimum atomic E-state index is -0.383. The van der Waals surface area contributed by atoms with Gasteiger partial charge in [0.05, 0.1) is 6.04 Å². The number of carbonyl (C=O) groups is 1. The first-order valence-corrected chi connectivity index (χ1v) is 9.15. The van der Waals surface area contributed by atoms with E-state index in [-0.39, 0.29) is 29.8 Å². The Balaban J connectivity index is 0.00000242. The van der Waals surface area contributed by atoms with E-state index in [1.165, 1.54) is 18.4 Å². The number of thioether (sulfide) groups is 1. The number of amides is 1. The summed E-state index contributed by atoms with van der Waals surface area (Å²) < 4.78 is 0. The summed E-state index contributed by atoms with van der Waals surface area (Å²) in [5, 5.41) is 3.10. The summed E-state index contributed by atoms with van der Waals surface area (Å²) in [6.45, 7) is 0.711. The van der Waals surface area contributed by atoms with Crippen molar-refractivity contribution in [3.63, 3.8) is 0 Å². The molecule has 1 aromatic rings. The summed E-state index contributed by atoms with van der Waals surface area (Å²) in [5.41, 5.74) is 7.40. The minimum Gasteiger partial charge on any atom is -0.354 e. The molecule has 3 N–H and O–H groups in total. The molecule has 0 aliphatic heterocycles. The number of hydrogen-bond acceptors (Lipinski definition) is 3. The molecule has 1 aromatic carbocycles. The molecule has 1 unspecified atom stereocenters. The van der Waals surface area contributed by atoms with Crippen molar-refractivity contribution in [2.45, 2.75) is 43.6 Å². The first-order chi connectivity index (χ1) is 10.2. The van der Waals surface area contributed by atoms with Crippen LogP contribution in [-0.4, -0.2) is 30.5 Å². The highest BCUT2D eigenvalue weighted by atomic mass is 35.5. The fraction of sp³-hybridized carbons (Fsp3) is 0.588. The van der Waals surface area contributed by atoms with Gasteiger partial charge in [0.1, 0.15) is 0 Å². The molecular weight excluding hydrogens is 316 g/mol. The normalized spacial score (nSPS) is 17.5. The number of carbonyl (C=O) groups excluding carboxylic acids is 1. The highest BCUT2D eigenvalue weighted by Gasteiger charge is 2.36. The molecule has 0 radical (unpaired) electrons. The minimum absolute atomic E-state index is 0. The topological polar surface area (TPSA) is 55.1 Å². The number of hydrogen-bond donors (Lipinski definition) is 2. The lowest BCUT2D eigenvalue weighted by Crippen LogP contribution is -2.46. The van der Waals surface area contributed by atoms with Gasteiger partial charge in [-0.05, 0) is 36.8 Å². The second-order valence-electron chi connectivity index (χ2n) is 5.96. The summed E-state index contributed by atoms with van der Waals surface area (Å²) in [6.07, 6.45) is 7.56. The molecule has 1 atom stereocenters. The third kappa shape index (κ3) is 4.90. The third-order valence-electron chi connectivity index (χ3n) is 4.52. The van der Waals surface area contributed by atoms with Crippen LogP contribution in [0.1, 0.15) is 37.7 Å². The van der Waals surface area contributed by atoms with Gasteiger partial charge in [-0.3, -0.25) is 4.79 Å². The average molecular weight is 343 g/mol. The Labute approximate surface area is 144 Å². The maximum atomic E-state index is 12.1. The van der Waals surface area contributed by atoms with Crippen LogP contribution in [0.15, 0.2) is 30.3 Å². The number of halogens is 1. The van der Waals surface area contributed by atoms with E-state index in [0.717, 1.165) is 25.0 Å². The molecular formula is C17H27ClN2OS. The Morgan fingerprint density at radius 2 is 1.95 bits per heavy atom. The Morgan fingerprint density at radius 3 is 2.55 bits per heavy atom. The van der Waals surface area contributed by atoms with E-state index in [4.69, 9.17) is 5.73 Å². The maximum absolute atomic E-state index is 12.1. The predicted octanol–water partition coefficient (Wildman–Crippen LogP) is 3.12. The maximum Gasteiger partial charge on any atom is 0.236 e. The van der Waals surface area contributed by atoms with Crippen molar-refractivity contribution in [1.82, 2.24) is 5.32 Å². The largest absolute Gasteiger partial charge is 0.354 e. The Bertz CT molecular complexity index is 449. The van der Waals surface area contributed by atoms with Crippen LogP contribution in [0, 0.1) is 0 Å². The average Bonchev–Trinajstić information content (AvgIpc) is 3.01. The van der Waals surface area contributed by atoms with Crippen LogP contribution in [0.2, 0.25) is 0 Å². The van der Waals surface area contributed by atoms with Gasteiger partial charge in [-0.15, -0.1) is 12.4 Å². The van der Waals surface area contributed by atoms with Gasteiger partial charge < -0.3 is 11.1 Å². The van der Waals surface area contributed by atoms with Gasteiger partial charge in [0.15, 0.2) is 0 Å². The second kappa shape index (κ2) is 9.43.